The molecule has 1 amide bonds. The number of thiophene rings is 1. The van der Waals surface area contributed by atoms with Crippen LogP contribution in [-0.2, 0) is 6.54 Å². The lowest BCUT2D eigenvalue weighted by Crippen LogP contribution is -2.22. The molecule has 0 bridgehead atoms. The fraction of sp³-hybridized carbons (Fsp3) is 0.0909. The van der Waals surface area contributed by atoms with Gasteiger partial charge in [0.2, 0.25) is 5.95 Å². The van der Waals surface area contributed by atoms with Crippen LogP contribution in [0.5, 0.6) is 5.75 Å². The van der Waals surface area contributed by atoms with Crippen LogP contribution in [-0.4, -0.2) is 18.0 Å². The summed E-state index contributed by atoms with van der Waals surface area (Å²) < 4.78 is 46.9. The first-order valence-corrected chi connectivity index (χ1v) is 10.2. The van der Waals surface area contributed by atoms with Crippen LogP contribution in [0, 0.1) is 17.6 Å². The molecule has 4 rings (SSSR count). The summed E-state index contributed by atoms with van der Waals surface area (Å²) in [5.41, 5.74) is 1.94. The lowest BCUT2D eigenvalue weighted by Gasteiger charge is -2.12. The molecule has 4 aromatic rings. The maximum Gasteiger partial charge on any atom is 0.263 e. The summed E-state index contributed by atoms with van der Waals surface area (Å²) in [6.07, 6.45) is 1.36. The van der Waals surface area contributed by atoms with Crippen molar-refractivity contribution in [2.75, 3.05) is 7.11 Å². The molecule has 1 N–H and O–H groups in total. The van der Waals surface area contributed by atoms with Gasteiger partial charge in [-0.2, -0.15) is 4.39 Å². The van der Waals surface area contributed by atoms with E-state index in [2.05, 4.69) is 10.3 Å². The molecular formula is C22H14ClF3N2O2S. The number of aromatic nitrogens is 1. The van der Waals surface area contributed by atoms with Crippen LogP contribution >= 0.6 is 22.9 Å². The van der Waals surface area contributed by atoms with Crippen LogP contribution < -0.4 is 10.1 Å². The largest absolute Gasteiger partial charge is 0.496 e. The van der Waals surface area contributed by atoms with Gasteiger partial charge in [-0.15, -0.1) is 11.3 Å². The van der Waals surface area contributed by atoms with Gasteiger partial charge < -0.3 is 10.1 Å². The number of benzene rings is 2. The van der Waals surface area contributed by atoms with Crippen molar-refractivity contribution in [3.63, 3.8) is 0 Å². The molecule has 2 aromatic carbocycles. The zero-order valence-corrected chi connectivity index (χ0v) is 17.6. The molecular weight excluding hydrogens is 449 g/mol. The van der Waals surface area contributed by atoms with Crippen molar-refractivity contribution in [2.24, 2.45) is 0 Å². The van der Waals surface area contributed by atoms with Gasteiger partial charge in [0, 0.05) is 24.4 Å². The summed E-state index contributed by atoms with van der Waals surface area (Å²) in [5, 5.41) is 2.45. The Balaban J connectivity index is 1.62. The van der Waals surface area contributed by atoms with Crippen LogP contribution in [0.4, 0.5) is 13.2 Å². The predicted molar refractivity (Wildman–Crippen MR) is 114 cm³/mol. The lowest BCUT2D eigenvalue weighted by molar-refractivity contribution is 0.0955. The van der Waals surface area contributed by atoms with Gasteiger partial charge in [-0.1, -0.05) is 17.7 Å². The summed E-state index contributed by atoms with van der Waals surface area (Å²) >= 11 is 6.95. The van der Waals surface area contributed by atoms with Crippen molar-refractivity contribution in [3.05, 3.63) is 81.7 Å². The van der Waals surface area contributed by atoms with Gasteiger partial charge in [-0.25, -0.2) is 13.8 Å². The average Bonchev–Trinajstić information content (AvgIpc) is 3.13. The highest BCUT2D eigenvalue weighted by atomic mass is 35.5. The molecule has 0 unspecified atom stereocenters. The van der Waals surface area contributed by atoms with Gasteiger partial charge in [-0.3, -0.25) is 4.79 Å². The quantitative estimate of drug-likeness (QED) is 0.372. The second kappa shape index (κ2) is 8.56. The zero-order chi connectivity index (χ0) is 22.1. The second-order valence-corrected chi connectivity index (χ2v) is 7.95. The number of pyridine rings is 1. The monoisotopic (exact) mass is 462 g/mol. The molecule has 4 nitrogen and oxygen atoms in total. The third-order valence-electron chi connectivity index (χ3n) is 4.67. The molecule has 0 spiro atoms. The summed E-state index contributed by atoms with van der Waals surface area (Å²) in [6.45, 7) is 0.0545. The minimum absolute atomic E-state index is 0.00647. The summed E-state index contributed by atoms with van der Waals surface area (Å²) in [5.74, 6) is -2.02. The van der Waals surface area contributed by atoms with E-state index in [1.807, 2.05) is 0 Å². The first-order chi connectivity index (χ1) is 14.9. The highest BCUT2D eigenvalue weighted by Gasteiger charge is 2.22. The van der Waals surface area contributed by atoms with E-state index in [0.29, 0.717) is 22.4 Å². The van der Waals surface area contributed by atoms with Gasteiger partial charge in [0.05, 0.1) is 22.2 Å². The van der Waals surface area contributed by atoms with E-state index in [1.165, 1.54) is 19.4 Å². The van der Waals surface area contributed by atoms with E-state index >= 15 is 0 Å². The minimum atomic E-state index is -0.698. The number of fused-ring (bicyclic) bond motifs is 1. The minimum Gasteiger partial charge on any atom is -0.496 e. The number of halogens is 4. The standard InChI is InChI=1S/C22H14ClF3N2O2S/c1-30-16-5-2-11(12-6-7-27-17(26)9-12)8-13(16)10-28-22(29)21-19(23)18-14(24)3-4-15(25)20(18)31-21/h2-9H,10H2,1H3,(H,28,29). The summed E-state index contributed by atoms with van der Waals surface area (Å²) in [7, 11) is 1.49. The van der Waals surface area contributed by atoms with Crippen LogP contribution in [0.2, 0.25) is 5.02 Å². The first-order valence-electron chi connectivity index (χ1n) is 9.02. The molecule has 0 fully saturated rings. The highest BCUT2D eigenvalue weighted by molar-refractivity contribution is 7.21. The number of methoxy groups -OCH3 is 1. The van der Waals surface area contributed by atoms with Crippen LogP contribution in [0.15, 0.2) is 48.7 Å². The molecule has 0 atom stereocenters. The van der Waals surface area contributed by atoms with Gasteiger partial charge in [0.15, 0.2) is 0 Å². The van der Waals surface area contributed by atoms with E-state index in [9.17, 15) is 18.0 Å². The molecule has 0 saturated carbocycles. The Morgan fingerprint density at radius 2 is 1.84 bits per heavy atom. The van der Waals surface area contributed by atoms with Crippen molar-refractivity contribution < 1.29 is 22.7 Å². The predicted octanol–water partition coefficient (Wildman–Crippen LogP) is 5.97. The van der Waals surface area contributed by atoms with E-state index in [0.717, 1.165) is 23.5 Å². The first kappa shape index (κ1) is 21.1. The Kier molecular flexibility index (Phi) is 5.84. The average molecular weight is 463 g/mol. The van der Waals surface area contributed by atoms with Gasteiger partial charge >= 0.3 is 0 Å². The molecule has 2 aromatic heterocycles. The Labute approximate surface area is 184 Å². The summed E-state index contributed by atoms with van der Waals surface area (Å²) in [6, 6.07) is 10.1. The molecule has 0 aliphatic rings. The number of nitrogens with zero attached hydrogens (tertiary/aromatic N) is 1. The Morgan fingerprint density at radius 1 is 1.10 bits per heavy atom. The second-order valence-electron chi connectivity index (χ2n) is 6.56. The van der Waals surface area contributed by atoms with E-state index < -0.39 is 23.5 Å². The van der Waals surface area contributed by atoms with Gasteiger partial charge in [-0.05, 0) is 41.5 Å². The number of rotatable bonds is 5. The highest BCUT2D eigenvalue weighted by Crippen LogP contribution is 2.38. The molecule has 0 radical (unpaired) electrons. The number of hydrogen-bond donors (Lipinski definition) is 1. The smallest absolute Gasteiger partial charge is 0.263 e. The lowest BCUT2D eigenvalue weighted by atomic mass is 10.0. The summed E-state index contributed by atoms with van der Waals surface area (Å²) in [4.78, 5) is 16.2. The fourth-order valence-electron chi connectivity index (χ4n) is 3.18. The van der Waals surface area contributed by atoms with Crippen molar-refractivity contribution in [3.8, 4) is 16.9 Å². The Bertz CT molecular complexity index is 1310. The van der Waals surface area contributed by atoms with Crippen LogP contribution in [0.1, 0.15) is 15.2 Å². The molecule has 2 heterocycles. The Morgan fingerprint density at radius 3 is 2.55 bits per heavy atom. The van der Waals surface area contributed by atoms with Gasteiger partial charge in [0.25, 0.3) is 5.91 Å². The molecule has 31 heavy (non-hydrogen) atoms. The number of carbonyl (C=O) groups excluding carboxylic acids is 1. The maximum atomic E-state index is 14.1. The van der Waals surface area contributed by atoms with Crippen molar-refractivity contribution in [1.29, 1.82) is 0 Å². The topological polar surface area (TPSA) is 51.2 Å². The number of carbonyl (C=O) groups is 1. The molecule has 0 saturated heterocycles. The van der Waals surface area contributed by atoms with Gasteiger partial charge in [0.1, 0.15) is 22.3 Å². The van der Waals surface area contributed by atoms with Crippen LogP contribution in [0.3, 0.4) is 0 Å². The zero-order valence-electron chi connectivity index (χ0n) is 16.0. The Hall–Kier alpha value is -3.10. The van der Waals surface area contributed by atoms with Crippen molar-refractivity contribution in [1.82, 2.24) is 10.3 Å². The van der Waals surface area contributed by atoms with E-state index in [-0.39, 0.29) is 26.5 Å². The fourth-order valence-corrected chi connectivity index (χ4v) is 4.65. The number of ether oxygens (including phenoxy) is 1. The van der Waals surface area contributed by atoms with Crippen molar-refractivity contribution >= 4 is 38.9 Å². The van der Waals surface area contributed by atoms with Crippen molar-refractivity contribution in [2.45, 2.75) is 6.54 Å². The van der Waals surface area contributed by atoms with E-state index in [1.54, 1.807) is 24.3 Å². The molecule has 158 valence electrons. The number of hydrogen-bond acceptors (Lipinski definition) is 4. The third kappa shape index (κ3) is 4.08. The molecule has 9 heteroatoms. The maximum absolute atomic E-state index is 14.1. The third-order valence-corrected chi connectivity index (χ3v) is 6.35. The van der Waals surface area contributed by atoms with Crippen LogP contribution in [0.25, 0.3) is 21.2 Å². The SMILES string of the molecule is COc1ccc(-c2ccnc(F)c2)cc1CNC(=O)c1sc2c(F)ccc(F)c2c1Cl. The molecule has 0 aliphatic carbocycles. The van der Waals surface area contributed by atoms with E-state index in [4.69, 9.17) is 16.3 Å². The number of nitrogens with one attached hydrogen (secondary N) is 1. The molecule has 0 aliphatic heterocycles. The number of amides is 1. The normalized spacial score (nSPS) is 11.0.